The number of nitrogens with zero attached hydrogens (tertiary/aromatic N) is 1. The van der Waals surface area contributed by atoms with Crippen molar-refractivity contribution in [3.05, 3.63) is 0 Å². The Morgan fingerprint density at radius 2 is 1.78 bits per heavy atom. The van der Waals surface area contributed by atoms with Crippen LogP contribution in [-0.4, -0.2) is 49.6 Å². The molecule has 4 nitrogen and oxygen atoms in total. The highest BCUT2D eigenvalue weighted by atomic mass is 19.4. The average Bonchev–Trinajstić information content (AvgIpc) is 3.08. The fourth-order valence-electron chi connectivity index (χ4n) is 4.05. The van der Waals surface area contributed by atoms with Crippen LogP contribution in [0.15, 0.2) is 0 Å². The molecule has 0 radical (unpaired) electrons. The second-order valence-electron chi connectivity index (χ2n) is 6.90. The molecule has 0 aromatic heterocycles. The lowest BCUT2D eigenvalue weighted by molar-refractivity contribution is -0.187. The molecule has 23 heavy (non-hydrogen) atoms. The first-order valence-electron chi connectivity index (χ1n) is 8.54. The number of alkyl halides is 3. The molecule has 2 aliphatic heterocycles. The SMILES string of the molecule is O=C(C1CCCC(C(F)(F)F)C1)N1CCCC(C2OCCO2)C1. The van der Waals surface area contributed by atoms with Gasteiger partial charge in [-0.25, -0.2) is 0 Å². The van der Waals surface area contributed by atoms with E-state index in [9.17, 15) is 18.0 Å². The zero-order valence-electron chi connectivity index (χ0n) is 13.2. The first-order chi connectivity index (χ1) is 10.9. The number of rotatable bonds is 2. The molecule has 1 amide bonds. The van der Waals surface area contributed by atoms with E-state index in [0.29, 0.717) is 39.1 Å². The van der Waals surface area contributed by atoms with Crippen LogP contribution in [-0.2, 0) is 14.3 Å². The van der Waals surface area contributed by atoms with Gasteiger partial charge in [0.2, 0.25) is 5.91 Å². The van der Waals surface area contributed by atoms with Crippen molar-refractivity contribution in [3.8, 4) is 0 Å². The zero-order chi connectivity index (χ0) is 16.4. The smallest absolute Gasteiger partial charge is 0.350 e. The Bertz CT molecular complexity index is 423. The van der Waals surface area contributed by atoms with Crippen molar-refractivity contribution in [3.63, 3.8) is 0 Å². The third-order valence-corrected chi connectivity index (χ3v) is 5.29. The van der Waals surface area contributed by atoms with Crippen molar-refractivity contribution in [2.75, 3.05) is 26.3 Å². The zero-order valence-corrected chi connectivity index (χ0v) is 13.2. The Morgan fingerprint density at radius 1 is 1.04 bits per heavy atom. The van der Waals surface area contributed by atoms with Crippen molar-refractivity contribution in [2.24, 2.45) is 17.8 Å². The molecule has 7 heteroatoms. The van der Waals surface area contributed by atoms with Crippen LogP contribution in [0.1, 0.15) is 38.5 Å². The van der Waals surface area contributed by atoms with E-state index in [-0.39, 0.29) is 31.0 Å². The quantitative estimate of drug-likeness (QED) is 0.779. The lowest BCUT2D eigenvalue weighted by atomic mass is 9.80. The predicted molar refractivity (Wildman–Crippen MR) is 76.5 cm³/mol. The maximum Gasteiger partial charge on any atom is 0.391 e. The molecule has 0 aromatic carbocycles. The van der Waals surface area contributed by atoms with Crippen LogP contribution in [0.3, 0.4) is 0 Å². The summed E-state index contributed by atoms with van der Waals surface area (Å²) in [6, 6.07) is 0. The molecule has 2 heterocycles. The summed E-state index contributed by atoms with van der Waals surface area (Å²) >= 11 is 0. The Kier molecular flexibility index (Phi) is 5.16. The number of carbonyl (C=O) groups is 1. The monoisotopic (exact) mass is 335 g/mol. The number of piperidine rings is 1. The summed E-state index contributed by atoms with van der Waals surface area (Å²) in [6.45, 7) is 2.32. The van der Waals surface area contributed by atoms with Gasteiger partial charge in [-0.3, -0.25) is 4.79 Å². The third-order valence-electron chi connectivity index (χ3n) is 5.29. The summed E-state index contributed by atoms with van der Waals surface area (Å²) in [4.78, 5) is 14.4. The van der Waals surface area contributed by atoms with E-state index in [0.717, 1.165) is 12.8 Å². The van der Waals surface area contributed by atoms with Gasteiger partial charge in [0.25, 0.3) is 0 Å². The van der Waals surface area contributed by atoms with Crippen molar-refractivity contribution >= 4 is 5.91 Å². The maximum atomic E-state index is 12.9. The van der Waals surface area contributed by atoms with E-state index < -0.39 is 18.0 Å². The third kappa shape index (κ3) is 3.99. The van der Waals surface area contributed by atoms with Gasteiger partial charge in [-0.05, 0) is 32.1 Å². The summed E-state index contributed by atoms with van der Waals surface area (Å²) in [7, 11) is 0. The first kappa shape index (κ1) is 17.0. The van der Waals surface area contributed by atoms with Crippen molar-refractivity contribution in [2.45, 2.75) is 51.0 Å². The molecule has 132 valence electrons. The summed E-state index contributed by atoms with van der Waals surface area (Å²) in [5.74, 6) is -1.79. The van der Waals surface area contributed by atoms with Crippen molar-refractivity contribution in [1.82, 2.24) is 4.90 Å². The largest absolute Gasteiger partial charge is 0.391 e. The van der Waals surface area contributed by atoms with Crippen LogP contribution < -0.4 is 0 Å². The molecule has 0 N–H and O–H groups in total. The van der Waals surface area contributed by atoms with E-state index >= 15 is 0 Å². The number of carbonyl (C=O) groups excluding carboxylic acids is 1. The van der Waals surface area contributed by atoms with Crippen LogP contribution in [0, 0.1) is 17.8 Å². The van der Waals surface area contributed by atoms with Gasteiger partial charge >= 0.3 is 6.18 Å². The number of likely N-dealkylation sites (tertiary alicyclic amines) is 1. The summed E-state index contributed by atoms with van der Waals surface area (Å²) in [5, 5.41) is 0. The number of halogens is 3. The molecule has 1 aliphatic carbocycles. The fraction of sp³-hybridized carbons (Fsp3) is 0.938. The lowest BCUT2D eigenvalue weighted by Gasteiger charge is -2.38. The molecule has 3 rings (SSSR count). The second kappa shape index (κ2) is 6.97. The Balaban J connectivity index is 1.58. The molecular formula is C16H24F3NO3. The second-order valence-corrected chi connectivity index (χ2v) is 6.90. The van der Waals surface area contributed by atoms with Crippen LogP contribution in [0.25, 0.3) is 0 Å². The average molecular weight is 335 g/mol. The Hall–Kier alpha value is -0.820. The number of hydrogen-bond donors (Lipinski definition) is 0. The van der Waals surface area contributed by atoms with Crippen LogP contribution in [0.4, 0.5) is 13.2 Å². The summed E-state index contributed by atoms with van der Waals surface area (Å²) < 4.78 is 49.8. The van der Waals surface area contributed by atoms with Crippen LogP contribution in [0.5, 0.6) is 0 Å². The van der Waals surface area contributed by atoms with Gasteiger partial charge in [0.15, 0.2) is 6.29 Å². The van der Waals surface area contributed by atoms with Gasteiger partial charge in [0, 0.05) is 24.9 Å². The molecular weight excluding hydrogens is 311 g/mol. The number of ether oxygens (including phenoxy) is 2. The molecule has 2 saturated heterocycles. The van der Waals surface area contributed by atoms with Gasteiger partial charge in [-0.1, -0.05) is 6.42 Å². The minimum atomic E-state index is -4.19. The Labute approximate surface area is 134 Å². The highest BCUT2D eigenvalue weighted by molar-refractivity contribution is 5.79. The molecule has 3 fully saturated rings. The van der Waals surface area contributed by atoms with Crippen LogP contribution in [0.2, 0.25) is 0 Å². The van der Waals surface area contributed by atoms with Crippen molar-refractivity contribution in [1.29, 1.82) is 0 Å². The van der Waals surface area contributed by atoms with E-state index in [1.54, 1.807) is 4.90 Å². The minimum Gasteiger partial charge on any atom is -0.350 e. The standard InChI is InChI=1S/C16H24F3NO3/c17-16(18,19)13-5-1-3-11(9-13)14(21)20-6-2-4-12(10-20)15-22-7-8-23-15/h11-13,15H,1-10H2. The van der Waals surface area contributed by atoms with Crippen molar-refractivity contribution < 1.29 is 27.4 Å². The normalized spacial score (nSPS) is 33.9. The molecule has 1 saturated carbocycles. The van der Waals surface area contributed by atoms with Gasteiger partial charge in [-0.2, -0.15) is 13.2 Å². The van der Waals surface area contributed by atoms with E-state index in [2.05, 4.69) is 0 Å². The number of amides is 1. The van der Waals surface area contributed by atoms with Gasteiger partial charge in [-0.15, -0.1) is 0 Å². The van der Waals surface area contributed by atoms with Gasteiger partial charge in [0.1, 0.15) is 0 Å². The molecule has 0 aromatic rings. The first-order valence-corrected chi connectivity index (χ1v) is 8.54. The van der Waals surface area contributed by atoms with Gasteiger partial charge < -0.3 is 14.4 Å². The van der Waals surface area contributed by atoms with Crippen LogP contribution >= 0.6 is 0 Å². The molecule has 0 spiro atoms. The Morgan fingerprint density at radius 3 is 2.48 bits per heavy atom. The molecule has 0 bridgehead atoms. The molecule has 3 aliphatic rings. The summed E-state index contributed by atoms with van der Waals surface area (Å²) in [5.41, 5.74) is 0. The molecule has 3 atom stereocenters. The van der Waals surface area contributed by atoms with E-state index in [1.165, 1.54) is 0 Å². The van der Waals surface area contributed by atoms with E-state index in [4.69, 9.17) is 9.47 Å². The minimum absolute atomic E-state index is 0.0556. The topological polar surface area (TPSA) is 38.8 Å². The lowest BCUT2D eigenvalue weighted by Crippen LogP contribution is -2.47. The van der Waals surface area contributed by atoms with Gasteiger partial charge in [0.05, 0.1) is 19.1 Å². The number of hydrogen-bond acceptors (Lipinski definition) is 3. The van der Waals surface area contributed by atoms with E-state index in [1.807, 2.05) is 0 Å². The fourth-order valence-corrected chi connectivity index (χ4v) is 4.05. The maximum absolute atomic E-state index is 12.9. The highest BCUT2D eigenvalue weighted by Crippen LogP contribution is 2.40. The molecule has 3 unspecified atom stereocenters. The summed E-state index contributed by atoms with van der Waals surface area (Å²) in [6.07, 6.45) is -1.51. The predicted octanol–water partition coefficient (Wildman–Crippen LogP) is 2.97. The highest BCUT2D eigenvalue weighted by Gasteiger charge is 2.44.